The maximum atomic E-state index is 12.4. The first-order valence-corrected chi connectivity index (χ1v) is 8.45. The van der Waals surface area contributed by atoms with Crippen molar-refractivity contribution in [2.24, 2.45) is 0 Å². The average Bonchev–Trinajstić information content (AvgIpc) is 2.71. The van der Waals surface area contributed by atoms with Gasteiger partial charge in [0.25, 0.3) is 5.91 Å². The van der Waals surface area contributed by atoms with E-state index >= 15 is 0 Å². The Morgan fingerprint density at radius 3 is 2.84 bits per heavy atom. The highest BCUT2D eigenvalue weighted by atomic mass is 79.9. The molecule has 6 nitrogen and oxygen atoms in total. The van der Waals surface area contributed by atoms with Crippen LogP contribution in [0.25, 0.3) is 0 Å². The van der Waals surface area contributed by atoms with E-state index < -0.39 is 0 Å². The summed E-state index contributed by atoms with van der Waals surface area (Å²) < 4.78 is 0.963. The Morgan fingerprint density at radius 1 is 1.16 bits per heavy atom. The number of aromatic nitrogens is 2. The molecule has 25 heavy (non-hydrogen) atoms. The summed E-state index contributed by atoms with van der Waals surface area (Å²) in [4.78, 5) is 23.2. The summed E-state index contributed by atoms with van der Waals surface area (Å²) in [6.45, 7) is 0. The monoisotopic (exact) mass is 395 g/mol. The van der Waals surface area contributed by atoms with Crippen molar-refractivity contribution < 1.29 is 4.79 Å². The molecule has 1 amide bonds. The van der Waals surface area contributed by atoms with Gasteiger partial charge in [-0.3, -0.25) is 4.79 Å². The first-order chi connectivity index (χ1) is 12.1. The summed E-state index contributed by atoms with van der Waals surface area (Å²) in [5.74, 6) is 0.917. The van der Waals surface area contributed by atoms with Crippen molar-refractivity contribution in [1.82, 2.24) is 9.97 Å². The lowest BCUT2D eigenvalue weighted by molar-refractivity contribution is 0.102. The Labute approximate surface area is 153 Å². The molecule has 3 aromatic rings. The van der Waals surface area contributed by atoms with Crippen LogP contribution in [-0.2, 0) is 0 Å². The number of amides is 1. The van der Waals surface area contributed by atoms with E-state index in [0.717, 1.165) is 15.8 Å². The Bertz CT molecular complexity index is 975. The predicted octanol–water partition coefficient (Wildman–Crippen LogP) is 4.32. The Kier molecular flexibility index (Phi) is 3.85. The third-order valence-electron chi connectivity index (χ3n) is 3.93. The molecule has 4 rings (SSSR count). The van der Waals surface area contributed by atoms with E-state index in [0.29, 0.717) is 23.0 Å². The van der Waals surface area contributed by atoms with Crippen LogP contribution in [-0.4, -0.2) is 22.9 Å². The molecule has 0 saturated heterocycles. The first-order valence-electron chi connectivity index (χ1n) is 7.65. The molecule has 0 spiro atoms. The number of fused-ring (bicyclic) bond motifs is 2. The third-order valence-corrected chi connectivity index (χ3v) is 4.42. The molecule has 0 bridgehead atoms. The SMILES string of the molecule is CN1c2ccccc2C(=O)Nc2cnc(Nc3cccc(Br)c3)nc21. The van der Waals surface area contributed by atoms with E-state index in [4.69, 9.17) is 0 Å². The zero-order chi connectivity index (χ0) is 17.4. The second-order valence-corrected chi connectivity index (χ2v) is 6.51. The minimum atomic E-state index is -0.169. The van der Waals surface area contributed by atoms with Gasteiger partial charge in [-0.2, -0.15) is 4.98 Å². The van der Waals surface area contributed by atoms with Gasteiger partial charge in [0.05, 0.1) is 17.4 Å². The number of halogens is 1. The maximum absolute atomic E-state index is 12.4. The van der Waals surface area contributed by atoms with Crippen LogP contribution in [0, 0.1) is 0 Å². The fraction of sp³-hybridized carbons (Fsp3) is 0.0556. The van der Waals surface area contributed by atoms with Crippen LogP contribution in [0.3, 0.4) is 0 Å². The van der Waals surface area contributed by atoms with Crippen molar-refractivity contribution in [3.63, 3.8) is 0 Å². The van der Waals surface area contributed by atoms with Crippen LogP contribution < -0.4 is 15.5 Å². The fourth-order valence-corrected chi connectivity index (χ4v) is 3.13. The molecular formula is C18H14BrN5O. The summed E-state index contributed by atoms with van der Waals surface area (Å²) >= 11 is 3.44. The molecule has 0 saturated carbocycles. The number of rotatable bonds is 2. The van der Waals surface area contributed by atoms with Gasteiger partial charge in [0, 0.05) is 17.2 Å². The molecule has 0 unspecified atom stereocenters. The normalized spacial score (nSPS) is 12.7. The van der Waals surface area contributed by atoms with E-state index in [2.05, 4.69) is 36.5 Å². The van der Waals surface area contributed by atoms with Crippen LogP contribution >= 0.6 is 15.9 Å². The molecular weight excluding hydrogens is 382 g/mol. The molecule has 2 heterocycles. The molecule has 1 aliphatic heterocycles. The quantitative estimate of drug-likeness (QED) is 0.676. The van der Waals surface area contributed by atoms with Gasteiger partial charge in [0.1, 0.15) is 5.69 Å². The minimum absolute atomic E-state index is 0.169. The van der Waals surface area contributed by atoms with Gasteiger partial charge in [0.15, 0.2) is 5.82 Å². The zero-order valence-corrected chi connectivity index (χ0v) is 14.9. The molecule has 0 radical (unpaired) electrons. The van der Waals surface area contributed by atoms with Crippen LogP contribution in [0.2, 0.25) is 0 Å². The third kappa shape index (κ3) is 2.94. The summed E-state index contributed by atoms with van der Waals surface area (Å²) in [6, 6.07) is 15.2. The number of carbonyl (C=O) groups excluding carboxylic acids is 1. The topological polar surface area (TPSA) is 70.2 Å². The number of nitrogens with zero attached hydrogens (tertiary/aromatic N) is 3. The molecule has 0 aliphatic carbocycles. The largest absolute Gasteiger partial charge is 0.327 e. The smallest absolute Gasteiger partial charge is 0.257 e. The molecule has 0 fully saturated rings. The highest BCUT2D eigenvalue weighted by Gasteiger charge is 2.24. The van der Waals surface area contributed by atoms with Crippen LogP contribution in [0.1, 0.15) is 10.4 Å². The van der Waals surface area contributed by atoms with E-state index in [1.165, 1.54) is 0 Å². The highest BCUT2D eigenvalue weighted by Crippen LogP contribution is 2.35. The summed E-state index contributed by atoms with van der Waals surface area (Å²) in [5, 5.41) is 6.05. The number of hydrogen-bond donors (Lipinski definition) is 2. The van der Waals surface area contributed by atoms with Crippen LogP contribution in [0.5, 0.6) is 0 Å². The standard InChI is InChI=1S/C18H14BrN5O/c1-24-15-8-3-2-7-13(15)17(25)22-14-10-20-18(23-16(14)24)21-12-6-4-5-11(19)9-12/h2-10H,1H3,(H,22,25)(H,20,21,23). The lowest BCUT2D eigenvalue weighted by Gasteiger charge is -2.19. The lowest BCUT2D eigenvalue weighted by atomic mass is 10.1. The summed E-state index contributed by atoms with van der Waals surface area (Å²) in [5.41, 5.74) is 2.84. The molecule has 1 aromatic heterocycles. The molecule has 0 atom stereocenters. The number of anilines is 5. The van der Waals surface area contributed by atoms with Crippen molar-refractivity contribution in [1.29, 1.82) is 0 Å². The van der Waals surface area contributed by atoms with Crippen LogP contribution in [0.4, 0.5) is 28.8 Å². The number of nitrogens with one attached hydrogen (secondary N) is 2. The Hall–Kier alpha value is -2.93. The number of benzene rings is 2. The van der Waals surface area contributed by atoms with E-state index in [9.17, 15) is 4.79 Å². The summed E-state index contributed by atoms with van der Waals surface area (Å²) in [7, 11) is 1.88. The summed E-state index contributed by atoms with van der Waals surface area (Å²) in [6.07, 6.45) is 1.61. The van der Waals surface area contributed by atoms with Crippen molar-refractivity contribution in [2.75, 3.05) is 22.6 Å². The molecule has 7 heteroatoms. The maximum Gasteiger partial charge on any atom is 0.257 e. The van der Waals surface area contributed by atoms with E-state index in [-0.39, 0.29) is 5.91 Å². The van der Waals surface area contributed by atoms with E-state index in [1.807, 2.05) is 54.4 Å². The van der Waals surface area contributed by atoms with Crippen molar-refractivity contribution in [3.05, 3.63) is 64.8 Å². The van der Waals surface area contributed by atoms with Gasteiger partial charge in [-0.25, -0.2) is 4.98 Å². The predicted molar refractivity (Wildman–Crippen MR) is 102 cm³/mol. The number of para-hydroxylation sites is 1. The second-order valence-electron chi connectivity index (χ2n) is 5.60. The second kappa shape index (κ2) is 6.18. The Balaban J connectivity index is 1.74. The van der Waals surface area contributed by atoms with Crippen LogP contribution in [0.15, 0.2) is 59.2 Å². The molecule has 2 aromatic carbocycles. The number of carbonyl (C=O) groups is 1. The van der Waals surface area contributed by atoms with Gasteiger partial charge in [-0.15, -0.1) is 0 Å². The Morgan fingerprint density at radius 2 is 2.00 bits per heavy atom. The average molecular weight is 396 g/mol. The lowest BCUT2D eigenvalue weighted by Crippen LogP contribution is -2.13. The first kappa shape index (κ1) is 15.6. The van der Waals surface area contributed by atoms with Gasteiger partial charge < -0.3 is 15.5 Å². The fourth-order valence-electron chi connectivity index (χ4n) is 2.73. The molecule has 2 N–H and O–H groups in total. The zero-order valence-electron chi connectivity index (χ0n) is 13.3. The van der Waals surface area contributed by atoms with Crippen molar-refractivity contribution in [2.45, 2.75) is 0 Å². The van der Waals surface area contributed by atoms with Crippen molar-refractivity contribution in [3.8, 4) is 0 Å². The number of hydrogen-bond acceptors (Lipinski definition) is 5. The molecule has 124 valence electrons. The highest BCUT2D eigenvalue weighted by molar-refractivity contribution is 9.10. The van der Waals surface area contributed by atoms with Crippen molar-refractivity contribution >= 4 is 50.7 Å². The molecule has 1 aliphatic rings. The minimum Gasteiger partial charge on any atom is -0.327 e. The van der Waals surface area contributed by atoms with Gasteiger partial charge in [0.2, 0.25) is 5.95 Å². The van der Waals surface area contributed by atoms with Gasteiger partial charge in [-0.1, -0.05) is 34.1 Å². The van der Waals surface area contributed by atoms with Gasteiger partial charge >= 0.3 is 0 Å². The van der Waals surface area contributed by atoms with Gasteiger partial charge in [-0.05, 0) is 30.3 Å². The van der Waals surface area contributed by atoms with E-state index in [1.54, 1.807) is 12.3 Å².